The highest BCUT2D eigenvalue weighted by atomic mass is 19.4. The topological polar surface area (TPSA) is 9.23 Å². The van der Waals surface area contributed by atoms with E-state index in [0.29, 0.717) is 12.1 Å². The van der Waals surface area contributed by atoms with Gasteiger partial charge in [0, 0.05) is 12.0 Å². The van der Waals surface area contributed by atoms with E-state index in [2.05, 4.69) is 4.74 Å². The second kappa shape index (κ2) is 9.38. The first-order chi connectivity index (χ1) is 15.8. The standard InChI is InChI=1S/C24H19F9O/c1-2-5-14-7-9-16(10-8-14)22(28)11-4-3-6-17(22)15-12-18(25)20(19(26)13-15)34-24(32,33)21(27)23(29,30)31/h3-4,6-10,12-13,21H,2,5,11H2,1H3. The van der Waals surface area contributed by atoms with Crippen LogP contribution in [-0.4, -0.2) is 18.5 Å². The second-order valence-corrected chi connectivity index (χ2v) is 7.80. The van der Waals surface area contributed by atoms with Crippen molar-refractivity contribution >= 4 is 5.57 Å². The number of aryl methyl sites for hydroxylation is 1. The molecule has 34 heavy (non-hydrogen) atoms. The molecule has 1 nitrogen and oxygen atoms in total. The molecule has 0 saturated carbocycles. The quantitative estimate of drug-likeness (QED) is 0.355. The minimum absolute atomic E-state index is 0.182. The first-order valence-electron chi connectivity index (χ1n) is 10.2. The van der Waals surface area contributed by atoms with Gasteiger partial charge in [-0.2, -0.15) is 22.0 Å². The van der Waals surface area contributed by atoms with Crippen LogP contribution in [0.15, 0.2) is 54.6 Å². The van der Waals surface area contributed by atoms with E-state index in [4.69, 9.17) is 0 Å². The van der Waals surface area contributed by atoms with Gasteiger partial charge < -0.3 is 4.74 Å². The van der Waals surface area contributed by atoms with E-state index in [9.17, 15) is 35.1 Å². The van der Waals surface area contributed by atoms with E-state index in [0.717, 1.165) is 18.4 Å². The van der Waals surface area contributed by atoms with Crippen LogP contribution < -0.4 is 4.74 Å². The van der Waals surface area contributed by atoms with E-state index < -0.39 is 41.5 Å². The lowest BCUT2D eigenvalue weighted by molar-refractivity contribution is -0.306. The first-order valence-corrected chi connectivity index (χ1v) is 10.2. The second-order valence-electron chi connectivity index (χ2n) is 7.80. The summed E-state index contributed by atoms with van der Waals surface area (Å²) in [5, 5.41) is 0. The van der Waals surface area contributed by atoms with Crippen molar-refractivity contribution in [3.63, 3.8) is 0 Å². The molecule has 0 N–H and O–H groups in total. The summed E-state index contributed by atoms with van der Waals surface area (Å²) in [4.78, 5) is 0. The van der Waals surface area contributed by atoms with Gasteiger partial charge in [0.1, 0.15) is 0 Å². The highest BCUT2D eigenvalue weighted by Crippen LogP contribution is 2.46. The molecule has 0 aliphatic heterocycles. The van der Waals surface area contributed by atoms with E-state index in [1.54, 1.807) is 12.1 Å². The molecule has 0 aromatic heterocycles. The van der Waals surface area contributed by atoms with Crippen molar-refractivity contribution < 1.29 is 44.3 Å². The van der Waals surface area contributed by atoms with Gasteiger partial charge in [-0.25, -0.2) is 17.6 Å². The fraction of sp³-hybridized carbons (Fsp3) is 0.333. The monoisotopic (exact) mass is 494 g/mol. The molecule has 0 bridgehead atoms. The predicted octanol–water partition coefficient (Wildman–Crippen LogP) is 8.00. The molecule has 0 fully saturated rings. The fourth-order valence-corrected chi connectivity index (χ4v) is 3.65. The van der Waals surface area contributed by atoms with Crippen molar-refractivity contribution in [2.45, 2.75) is 50.3 Å². The zero-order valence-corrected chi connectivity index (χ0v) is 17.7. The van der Waals surface area contributed by atoms with Gasteiger partial charge in [0.05, 0.1) is 0 Å². The molecule has 0 saturated heterocycles. The summed E-state index contributed by atoms with van der Waals surface area (Å²) in [5.74, 6) is -5.61. The van der Waals surface area contributed by atoms with E-state index in [1.165, 1.54) is 30.4 Å². The molecule has 2 unspecified atom stereocenters. The highest BCUT2D eigenvalue weighted by Gasteiger charge is 2.59. The van der Waals surface area contributed by atoms with Crippen LogP contribution in [0.5, 0.6) is 5.75 Å². The number of hydrogen-bond acceptors (Lipinski definition) is 1. The zero-order chi connectivity index (χ0) is 25.3. The summed E-state index contributed by atoms with van der Waals surface area (Å²) >= 11 is 0. The largest absolute Gasteiger partial charge is 0.439 e. The molecule has 1 aliphatic rings. The Morgan fingerprint density at radius 1 is 1.00 bits per heavy atom. The van der Waals surface area contributed by atoms with Crippen LogP contribution in [0, 0.1) is 11.6 Å². The van der Waals surface area contributed by atoms with Gasteiger partial charge in [-0.15, -0.1) is 0 Å². The average molecular weight is 494 g/mol. The molecule has 184 valence electrons. The first kappa shape index (κ1) is 25.7. The van der Waals surface area contributed by atoms with Crippen LogP contribution in [0.3, 0.4) is 0 Å². The Morgan fingerprint density at radius 2 is 1.59 bits per heavy atom. The molecule has 0 spiro atoms. The summed E-state index contributed by atoms with van der Waals surface area (Å²) < 4.78 is 126. The Kier molecular flexibility index (Phi) is 7.10. The average Bonchev–Trinajstić information content (AvgIpc) is 2.76. The number of halogens is 9. The summed E-state index contributed by atoms with van der Waals surface area (Å²) in [6.07, 6.45) is -10.8. The summed E-state index contributed by atoms with van der Waals surface area (Å²) in [6.45, 7) is 1.97. The zero-order valence-electron chi connectivity index (χ0n) is 17.7. The molecular weight excluding hydrogens is 475 g/mol. The van der Waals surface area contributed by atoms with E-state index >= 15 is 4.39 Å². The van der Waals surface area contributed by atoms with Crippen molar-refractivity contribution in [3.05, 3.63) is 83.0 Å². The molecule has 0 radical (unpaired) electrons. The Balaban J connectivity index is 1.97. The SMILES string of the molecule is CCCc1ccc(C2(F)CC=CC=C2c2cc(F)c(OC(F)(F)C(F)C(F)(F)F)c(F)c2)cc1. The third kappa shape index (κ3) is 5.10. The normalized spacial score (nSPS) is 19.6. The van der Waals surface area contributed by atoms with Crippen LogP contribution >= 0.6 is 0 Å². The van der Waals surface area contributed by atoms with Gasteiger partial charge in [0.2, 0.25) is 0 Å². The number of benzene rings is 2. The molecule has 3 rings (SSSR count). The van der Waals surface area contributed by atoms with Crippen molar-refractivity contribution in [3.8, 4) is 5.75 Å². The fourth-order valence-electron chi connectivity index (χ4n) is 3.65. The maximum atomic E-state index is 16.2. The van der Waals surface area contributed by atoms with Gasteiger partial charge in [-0.3, -0.25) is 0 Å². The van der Waals surface area contributed by atoms with E-state index in [1.807, 2.05) is 6.92 Å². The molecular formula is C24H19F9O. The Labute approximate surface area is 189 Å². The van der Waals surface area contributed by atoms with Crippen LogP contribution in [0.1, 0.15) is 36.5 Å². The van der Waals surface area contributed by atoms with Crippen molar-refractivity contribution in [1.29, 1.82) is 0 Å². The van der Waals surface area contributed by atoms with Gasteiger partial charge in [0.15, 0.2) is 23.1 Å². The molecule has 1 aliphatic carbocycles. The smallest absolute Gasteiger partial charge is 0.424 e. The summed E-state index contributed by atoms with van der Waals surface area (Å²) in [5.41, 5.74) is -1.68. The van der Waals surface area contributed by atoms with Crippen LogP contribution in [0.2, 0.25) is 0 Å². The number of alkyl halides is 7. The third-order valence-corrected chi connectivity index (χ3v) is 5.31. The lowest BCUT2D eigenvalue weighted by atomic mass is 9.78. The van der Waals surface area contributed by atoms with Crippen molar-refractivity contribution in [2.75, 3.05) is 0 Å². The van der Waals surface area contributed by atoms with Gasteiger partial charge in [-0.05, 0) is 35.2 Å². The molecule has 0 amide bonds. The van der Waals surface area contributed by atoms with Crippen molar-refractivity contribution in [2.24, 2.45) is 0 Å². The summed E-state index contributed by atoms with van der Waals surface area (Å²) in [7, 11) is 0. The lowest BCUT2D eigenvalue weighted by Crippen LogP contribution is -2.46. The minimum atomic E-state index is -6.03. The molecule has 2 aromatic carbocycles. The summed E-state index contributed by atoms with van der Waals surface area (Å²) in [6, 6.07) is 7.37. The molecule has 2 atom stereocenters. The van der Waals surface area contributed by atoms with Gasteiger partial charge in [0.25, 0.3) is 6.17 Å². The third-order valence-electron chi connectivity index (χ3n) is 5.31. The maximum absolute atomic E-state index is 16.2. The predicted molar refractivity (Wildman–Crippen MR) is 108 cm³/mol. The molecule has 10 heteroatoms. The van der Waals surface area contributed by atoms with Crippen LogP contribution in [-0.2, 0) is 12.1 Å². The number of rotatable bonds is 7. The Bertz CT molecular complexity index is 1060. The number of ether oxygens (including phenoxy) is 1. The molecule has 2 aromatic rings. The number of hydrogen-bond donors (Lipinski definition) is 0. The lowest BCUT2D eigenvalue weighted by Gasteiger charge is -2.31. The van der Waals surface area contributed by atoms with Crippen LogP contribution in [0.25, 0.3) is 5.57 Å². The van der Waals surface area contributed by atoms with Gasteiger partial charge >= 0.3 is 12.3 Å². The van der Waals surface area contributed by atoms with E-state index in [-0.39, 0.29) is 23.1 Å². The highest BCUT2D eigenvalue weighted by molar-refractivity contribution is 5.77. The maximum Gasteiger partial charge on any atom is 0.439 e. The minimum Gasteiger partial charge on any atom is -0.424 e. The Hall–Kier alpha value is -2.91. The Morgan fingerprint density at radius 3 is 2.12 bits per heavy atom. The molecule has 0 heterocycles. The van der Waals surface area contributed by atoms with Gasteiger partial charge in [-0.1, -0.05) is 55.8 Å². The van der Waals surface area contributed by atoms with Crippen molar-refractivity contribution in [1.82, 2.24) is 0 Å². The number of allylic oxidation sites excluding steroid dienone is 4. The van der Waals surface area contributed by atoms with Crippen LogP contribution in [0.4, 0.5) is 39.5 Å².